The summed E-state index contributed by atoms with van der Waals surface area (Å²) in [4.78, 5) is 8.18. The van der Waals surface area contributed by atoms with E-state index in [-0.39, 0.29) is 0 Å². The zero-order valence-corrected chi connectivity index (χ0v) is 15.3. The molecule has 0 amide bonds. The van der Waals surface area contributed by atoms with Gasteiger partial charge in [0.05, 0.1) is 12.2 Å². The van der Waals surface area contributed by atoms with Gasteiger partial charge in [-0.3, -0.25) is 0 Å². The van der Waals surface area contributed by atoms with E-state index in [1.807, 2.05) is 13.0 Å². The molecule has 2 aromatic rings. The summed E-state index contributed by atoms with van der Waals surface area (Å²) in [7, 11) is 0. The van der Waals surface area contributed by atoms with Crippen LogP contribution in [0.3, 0.4) is 0 Å². The molecule has 5 nitrogen and oxygen atoms in total. The van der Waals surface area contributed by atoms with Gasteiger partial charge in [0.2, 0.25) is 0 Å². The van der Waals surface area contributed by atoms with Crippen LogP contribution in [0.5, 0.6) is 5.75 Å². The molecule has 1 aromatic carbocycles. The Kier molecular flexibility index (Phi) is 7.28. The van der Waals surface area contributed by atoms with Gasteiger partial charge in [-0.25, -0.2) is 9.97 Å². The Labute approximate surface area is 148 Å². The number of likely N-dealkylation sites (N-methyl/N-ethyl adjacent to an activating group) is 1. The van der Waals surface area contributed by atoms with Crippen molar-refractivity contribution >= 4 is 17.4 Å². The lowest BCUT2D eigenvalue weighted by Crippen LogP contribution is -2.16. The molecule has 0 saturated carbocycles. The molecule has 0 aliphatic carbocycles. The second-order valence-corrected chi connectivity index (χ2v) is 5.98. The number of anilines is 1. The zero-order valence-electron chi connectivity index (χ0n) is 14.5. The number of hydrogen-bond acceptors (Lipinski definition) is 5. The quantitative estimate of drug-likeness (QED) is 0.680. The van der Waals surface area contributed by atoms with Gasteiger partial charge in [-0.05, 0) is 50.6 Å². The summed E-state index contributed by atoms with van der Waals surface area (Å²) in [6, 6.07) is 6.35. The number of benzene rings is 1. The minimum atomic E-state index is 0.539. The highest BCUT2D eigenvalue weighted by Gasteiger charge is 2.05. The fourth-order valence-electron chi connectivity index (χ4n) is 2.35. The Bertz CT molecular complexity index is 663. The molecule has 0 atom stereocenters. The second-order valence-electron chi connectivity index (χ2n) is 5.60. The molecular formula is C18H25ClN4O. The van der Waals surface area contributed by atoms with Gasteiger partial charge in [0, 0.05) is 0 Å². The molecule has 1 aromatic heterocycles. The standard InChI is InChI=1S/C18H25ClN4O/c1-4-20-8-7-15-5-6-16(13(2)11-15)24-10-9-21-18-17(19)14(3)22-12-23-18/h5-6,11-12,20H,4,7-10H2,1-3H3,(H,21,22,23). The summed E-state index contributed by atoms with van der Waals surface area (Å²) in [5.41, 5.74) is 3.24. The number of hydrogen-bond donors (Lipinski definition) is 2. The summed E-state index contributed by atoms with van der Waals surface area (Å²) in [5, 5.41) is 7.06. The Morgan fingerprint density at radius 3 is 2.75 bits per heavy atom. The molecule has 24 heavy (non-hydrogen) atoms. The number of aromatic nitrogens is 2. The van der Waals surface area contributed by atoms with Crippen LogP contribution in [-0.2, 0) is 6.42 Å². The highest BCUT2D eigenvalue weighted by Crippen LogP contribution is 2.21. The van der Waals surface area contributed by atoms with E-state index >= 15 is 0 Å². The molecule has 0 saturated heterocycles. The Balaban J connectivity index is 1.80. The molecule has 0 bridgehead atoms. The van der Waals surface area contributed by atoms with Gasteiger partial charge >= 0.3 is 0 Å². The fraction of sp³-hybridized carbons (Fsp3) is 0.444. The molecule has 0 aliphatic rings. The first-order valence-corrected chi connectivity index (χ1v) is 8.63. The number of nitrogens with zero attached hydrogens (tertiary/aromatic N) is 2. The second kappa shape index (κ2) is 9.45. The number of nitrogens with one attached hydrogen (secondary N) is 2. The molecule has 0 fully saturated rings. The Morgan fingerprint density at radius 1 is 1.17 bits per heavy atom. The van der Waals surface area contributed by atoms with Crippen molar-refractivity contribution in [3.05, 3.63) is 46.4 Å². The largest absolute Gasteiger partial charge is 0.491 e. The maximum absolute atomic E-state index is 6.15. The van der Waals surface area contributed by atoms with Crippen LogP contribution in [0.2, 0.25) is 5.02 Å². The van der Waals surface area contributed by atoms with Crippen LogP contribution in [0.1, 0.15) is 23.7 Å². The van der Waals surface area contributed by atoms with Crippen molar-refractivity contribution in [2.75, 3.05) is 31.6 Å². The molecule has 0 radical (unpaired) electrons. The van der Waals surface area contributed by atoms with Crippen molar-refractivity contribution < 1.29 is 4.74 Å². The normalized spacial score (nSPS) is 10.7. The number of ether oxygens (including phenoxy) is 1. The number of aryl methyl sites for hydroxylation is 2. The number of rotatable bonds is 9. The average molecular weight is 349 g/mol. The number of halogens is 1. The van der Waals surface area contributed by atoms with Crippen molar-refractivity contribution in [1.29, 1.82) is 0 Å². The van der Waals surface area contributed by atoms with Crippen molar-refractivity contribution in [2.45, 2.75) is 27.2 Å². The van der Waals surface area contributed by atoms with E-state index in [0.717, 1.165) is 36.5 Å². The van der Waals surface area contributed by atoms with Gasteiger partial charge in [-0.2, -0.15) is 0 Å². The van der Waals surface area contributed by atoms with E-state index in [4.69, 9.17) is 16.3 Å². The van der Waals surface area contributed by atoms with Crippen molar-refractivity contribution in [3.63, 3.8) is 0 Å². The highest BCUT2D eigenvalue weighted by molar-refractivity contribution is 6.33. The van der Waals surface area contributed by atoms with E-state index < -0.39 is 0 Å². The van der Waals surface area contributed by atoms with Gasteiger partial charge in [-0.1, -0.05) is 30.7 Å². The van der Waals surface area contributed by atoms with Crippen LogP contribution in [0.25, 0.3) is 0 Å². The Morgan fingerprint density at radius 2 is 2.00 bits per heavy atom. The zero-order chi connectivity index (χ0) is 17.4. The van der Waals surface area contributed by atoms with E-state index in [1.54, 1.807) is 0 Å². The smallest absolute Gasteiger partial charge is 0.148 e. The van der Waals surface area contributed by atoms with Crippen LogP contribution in [0, 0.1) is 13.8 Å². The molecule has 0 spiro atoms. The molecule has 1 heterocycles. The maximum atomic E-state index is 6.15. The molecule has 0 aliphatic heterocycles. The van der Waals surface area contributed by atoms with Gasteiger partial charge in [-0.15, -0.1) is 0 Å². The summed E-state index contributed by atoms with van der Waals surface area (Å²) in [5.74, 6) is 1.55. The predicted octanol–water partition coefficient (Wildman–Crippen LogP) is 3.39. The first-order valence-electron chi connectivity index (χ1n) is 8.25. The lowest BCUT2D eigenvalue weighted by Gasteiger charge is -2.12. The van der Waals surface area contributed by atoms with Crippen LogP contribution >= 0.6 is 11.6 Å². The molecular weight excluding hydrogens is 324 g/mol. The third-order valence-electron chi connectivity index (χ3n) is 3.70. The van der Waals surface area contributed by atoms with Crippen molar-refractivity contribution in [3.8, 4) is 5.75 Å². The summed E-state index contributed by atoms with van der Waals surface area (Å²) in [6.45, 7) is 9.21. The topological polar surface area (TPSA) is 59.1 Å². The van der Waals surface area contributed by atoms with E-state index in [1.165, 1.54) is 11.9 Å². The molecule has 2 N–H and O–H groups in total. The van der Waals surface area contributed by atoms with E-state index in [9.17, 15) is 0 Å². The van der Waals surface area contributed by atoms with Gasteiger partial charge in [0.25, 0.3) is 0 Å². The lowest BCUT2D eigenvalue weighted by atomic mass is 10.1. The lowest BCUT2D eigenvalue weighted by molar-refractivity contribution is 0.330. The minimum absolute atomic E-state index is 0.539. The first-order chi connectivity index (χ1) is 11.6. The molecule has 2 rings (SSSR count). The van der Waals surface area contributed by atoms with Gasteiger partial charge in [0.15, 0.2) is 0 Å². The minimum Gasteiger partial charge on any atom is -0.491 e. The molecule has 6 heteroatoms. The summed E-state index contributed by atoms with van der Waals surface area (Å²) >= 11 is 6.15. The van der Waals surface area contributed by atoms with Crippen LogP contribution < -0.4 is 15.4 Å². The van der Waals surface area contributed by atoms with Crippen LogP contribution in [0.4, 0.5) is 5.82 Å². The predicted molar refractivity (Wildman–Crippen MR) is 99.2 cm³/mol. The highest BCUT2D eigenvalue weighted by atomic mass is 35.5. The van der Waals surface area contributed by atoms with Crippen molar-refractivity contribution in [2.24, 2.45) is 0 Å². The fourth-order valence-corrected chi connectivity index (χ4v) is 2.51. The van der Waals surface area contributed by atoms with Crippen molar-refractivity contribution in [1.82, 2.24) is 15.3 Å². The molecule has 0 unspecified atom stereocenters. The first kappa shape index (κ1) is 18.5. The van der Waals surface area contributed by atoms with E-state index in [2.05, 4.69) is 46.6 Å². The summed E-state index contributed by atoms with van der Waals surface area (Å²) < 4.78 is 5.84. The van der Waals surface area contributed by atoms with Crippen LogP contribution in [0.15, 0.2) is 24.5 Å². The van der Waals surface area contributed by atoms with Gasteiger partial charge in [0.1, 0.15) is 29.5 Å². The maximum Gasteiger partial charge on any atom is 0.148 e. The monoisotopic (exact) mass is 348 g/mol. The summed E-state index contributed by atoms with van der Waals surface area (Å²) in [6.07, 6.45) is 2.53. The average Bonchev–Trinajstić information content (AvgIpc) is 2.57. The third-order valence-corrected chi connectivity index (χ3v) is 4.15. The van der Waals surface area contributed by atoms with E-state index in [0.29, 0.717) is 24.0 Å². The SMILES string of the molecule is CCNCCc1ccc(OCCNc2ncnc(C)c2Cl)c(C)c1. The Hall–Kier alpha value is -1.85. The van der Waals surface area contributed by atoms with Gasteiger partial charge < -0.3 is 15.4 Å². The third kappa shape index (κ3) is 5.35. The van der Waals surface area contributed by atoms with Crippen LogP contribution in [-0.4, -0.2) is 36.2 Å². The molecule has 130 valence electrons.